The fourth-order valence-electron chi connectivity index (χ4n) is 1.66. The highest BCUT2D eigenvalue weighted by atomic mass is 16.4. The standard InChI is InChI=1S/C12H23N3O4/c1-12(2,3)7-8(6-10(17)18)15-11(19)14-5-4-9(13)16/h8H,4-7H2,1-3H3,(H2,13,16)(H,17,18)(H2,14,15,19). The average Bonchev–Trinajstić information content (AvgIpc) is 2.12. The summed E-state index contributed by atoms with van der Waals surface area (Å²) < 4.78 is 0. The van der Waals surface area contributed by atoms with Gasteiger partial charge in [0, 0.05) is 19.0 Å². The minimum atomic E-state index is -0.966. The summed E-state index contributed by atoms with van der Waals surface area (Å²) in [6.45, 7) is 6.04. The Hall–Kier alpha value is -1.79. The van der Waals surface area contributed by atoms with Crippen LogP contribution >= 0.6 is 0 Å². The summed E-state index contributed by atoms with van der Waals surface area (Å²) in [7, 11) is 0. The number of nitrogens with two attached hydrogens (primary N) is 1. The third-order valence-electron chi connectivity index (χ3n) is 2.27. The molecular weight excluding hydrogens is 250 g/mol. The molecule has 0 aliphatic rings. The second-order valence-electron chi connectivity index (χ2n) is 5.68. The second-order valence-corrected chi connectivity index (χ2v) is 5.68. The van der Waals surface area contributed by atoms with Crippen LogP contribution in [0.5, 0.6) is 0 Å². The number of urea groups is 1. The van der Waals surface area contributed by atoms with Crippen LogP contribution in [0.25, 0.3) is 0 Å². The van der Waals surface area contributed by atoms with Crippen LogP contribution in [-0.2, 0) is 9.59 Å². The van der Waals surface area contributed by atoms with Gasteiger partial charge in [-0.15, -0.1) is 0 Å². The lowest BCUT2D eigenvalue weighted by atomic mass is 9.87. The maximum atomic E-state index is 11.5. The number of carboxylic acid groups (broad SMARTS) is 1. The van der Waals surface area contributed by atoms with Gasteiger partial charge in [-0.2, -0.15) is 0 Å². The van der Waals surface area contributed by atoms with E-state index in [2.05, 4.69) is 10.6 Å². The number of hydrogen-bond donors (Lipinski definition) is 4. The van der Waals surface area contributed by atoms with Crippen molar-refractivity contribution in [2.45, 2.75) is 46.1 Å². The van der Waals surface area contributed by atoms with Crippen LogP contribution in [0.3, 0.4) is 0 Å². The van der Waals surface area contributed by atoms with Gasteiger partial charge >= 0.3 is 12.0 Å². The van der Waals surface area contributed by atoms with Gasteiger partial charge in [0.15, 0.2) is 0 Å². The Bertz CT molecular complexity index is 336. The van der Waals surface area contributed by atoms with Crippen LogP contribution in [-0.4, -0.2) is 35.6 Å². The number of primary amides is 1. The van der Waals surface area contributed by atoms with Gasteiger partial charge in [0.25, 0.3) is 0 Å². The first-order valence-electron chi connectivity index (χ1n) is 6.14. The monoisotopic (exact) mass is 273 g/mol. The molecule has 0 aromatic carbocycles. The van der Waals surface area contributed by atoms with Crippen molar-refractivity contribution in [3.8, 4) is 0 Å². The molecule has 0 aliphatic heterocycles. The lowest BCUT2D eigenvalue weighted by Gasteiger charge is -2.25. The molecule has 0 radical (unpaired) electrons. The minimum Gasteiger partial charge on any atom is -0.481 e. The Morgan fingerprint density at radius 1 is 1.26 bits per heavy atom. The van der Waals surface area contributed by atoms with Crippen molar-refractivity contribution in [3.05, 3.63) is 0 Å². The van der Waals surface area contributed by atoms with E-state index >= 15 is 0 Å². The van der Waals surface area contributed by atoms with Crippen LogP contribution in [0.15, 0.2) is 0 Å². The molecular formula is C12H23N3O4. The van der Waals surface area contributed by atoms with Crippen molar-refractivity contribution in [1.82, 2.24) is 10.6 Å². The van der Waals surface area contributed by atoms with Gasteiger partial charge in [0.05, 0.1) is 6.42 Å². The van der Waals surface area contributed by atoms with Gasteiger partial charge in [0.1, 0.15) is 0 Å². The van der Waals surface area contributed by atoms with E-state index in [4.69, 9.17) is 10.8 Å². The van der Waals surface area contributed by atoms with Crippen LogP contribution in [0.2, 0.25) is 0 Å². The highest BCUT2D eigenvalue weighted by Gasteiger charge is 2.22. The molecule has 110 valence electrons. The molecule has 0 aromatic rings. The maximum Gasteiger partial charge on any atom is 0.315 e. The maximum absolute atomic E-state index is 11.5. The van der Waals surface area contributed by atoms with Crippen LogP contribution in [0.1, 0.15) is 40.0 Å². The summed E-state index contributed by atoms with van der Waals surface area (Å²) in [4.78, 5) is 32.8. The fourth-order valence-corrected chi connectivity index (χ4v) is 1.66. The first-order chi connectivity index (χ1) is 8.60. The SMILES string of the molecule is CC(C)(C)CC(CC(=O)O)NC(=O)NCCC(N)=O. The van der Waals surface area contributed by atoms with Gasteiger partial charge in [-0.1, -0.05) is 20.8 Å². The number of hydrogen-bond acceptors (Lipinski definition) is 3. The van der Waals surface area contributed by atoms with E-state index in [1.807, 2.05) is 20.8 Å². The quantitative estimate of drug-likeness (QED) is 0.537. The number of carbonyl (C=O) groups excluding carboxylic acids is 2. The molecule has 0 rings (SSSR count). The Balaban J connectivity index is 4.26. The van der Waals surface area contributed by atoms with Crippen LogP contribution < -0.4 is 16.4 Å². The van der Waals surface area contributed by atoms with Crippen molar-refractivity contribution in [2.75, 3.05) is 6.54 Å². The van der Waals surface area contributed by atoms with Crippen LogP contribution in [0, 0.1) is 5.41 Å². The van der Waals surface area contributed by atoms with Crippen molar-refractivity contribution >= 4 is 17.9 Å². The zero-order valence-electron chi connectivity index (χ0n) is 11.7. The highest BCUT2D eigenvalue weighted by Crippen LogP contribution is 2.22. The predicted octanol–water partition coefficient (Wildman–Crippen LogP) is 0.441. The zero-order valence-corrected chi connectivity index (χ0v) is 11.7. The zero-order chi connectivity index (χ0) is 15.1. The molecule has 7 heteroatoms. The first kappa shape index (κ1) is 17.2. The molecule has 1 atom stereocenters. The van der Waals surface area contributed by atoms with Crippen molar-refractivity contribution in [1.29, 1.82) is 0 Å². The topological polar surface area (TPSA) is 122 Å². The smallest absolute Gasteiger partial charge is 0.315 e. The molecule has 7 nitrogen and oxygen atoms in total. The Labute approximate surface area is 112 Å². The summed E-state index contributed by atoms with van der Waals surface area (Å²) in [6, 6.07) is -0.942. The second kappa shape index (κ2) is 7.60. The molecule has 0 fully saturated rings. The number of amides is 3. The van der Waals surface area contributed by atoms with Gasteiger partial charge in [-0.3, -0.25) is 9.59 Å². The molecule has 5 N–H and O–H groups in total. The molecule has 1 unspecified atom stereocenters. The largest absolute Gasteiger partial charge is 0.481 e. The number of carbonyl (C=O) groups is 3. The van der Waals surface area contributed by atoms with Gasteiger partial charge in [-0.25, -0.2) is 4.79 Å². The molecule has 0 aromatic heterocycles. The summed E-state index contributed by atoms with van der Waals surface area (Å²) >= 11 is 0. The molecule has 0 saturated heterocycles. The van der Waals surface area contributed by atoms with E-state index in [9.17, 15) is 14.4 Å². The van der Waals surface area contributed by atoms with E-state index in [0.717, 1.165) is 0 Å². The molecule has 3 amide bonds. The molecule has 0 spiro atoms. The summed E-state index contributed by atoms with van der Waals surface area (Å²) in [5, 5.41) is 13.9. The Morgan fingerprint density at radius 2 is 1.84 bits per heavy atom. The van der Waals surface area contributed by atoms with E-state index in [1.54, 1.807) is 0 Å². The Kier molecular flexibility index (Phi) is 6.89. The minimum absolute atomic E-state index is 0.0519. The highest BCUT2D eigenvalue weighted by molar-refractivity contribution is 5.77. The normalized spacial score (nSPS) is 12.6. The number of rotatable bonds is 7. The molecule has 19 heavy (non-hydrogen) atoms. The van der Waals surface area contributed by atoms with E-state index < -0.39 is 23.9 Å². The van der Waals surface area contributed by atoms with Crippen molar-refractivity contribution in [2.24, 2.45) is 11.1 Å². The fraction of sp³-hybridized carbons (Fsp3) is 0.750. The first-order valence-corrected chi connectivity index (χ1v) is 6.14. The molecule has 0 saturated carbocycles. The molecule has 0 heterocycles. The lowest BCUT2D eigenvalue weighted by Crippen LogP contribution is -2.45. The summed E-state index contributed by atoms with van der Waals surface area (Å²) in [5.41, 5.74) is 4.84. The van der Waals surface area contributed by atoms with Crippen LogP contribution in [0.4, 0.5) is 4.79 Å². The van der Waals surface area contributed by atoms with Gasteiger partial charge in [-0.05, 0) is 11.8 Å². The van der Waals surface area contributed by atoms with Gasteiger partial charge in [0.2, 0.25) is 5.91 Å². The van der Waals surface area contributed by atoms with E-state index in [1.165, 1.54) is 0 Å². The Morgan fingerprint density at radius 3 is 2.26 bits per heavy atom. The molecule has 0 bridgehead atoms. The number of carboxylic acids is 1. The summed E-state index contributed by atoms with van der Waals surface area (Å²) in [5.74, 6) is -1.47. The number of nitrogens with one attached hydrogen (secondary N) is 2. The average molecular weight is 273 g/mol. The van der Waals surface area contributed by atoms with Gasteiger partial charge < -0.3 is 21.5 Å². The van der Waals surface area contributed by atoms with Crippen molar-refractivity contribution in [3.63, 3.8) is 0 Å². The predicted molar refractivity (Wildman–Crippen MR) is 70.5 cm³/mol. The summed E-state index contributed by atoms with van der Waals surface area (Å²) in [6.07, 6.45) is 0.458. The molecule has 0 aliphatic carbocycles. The van der Waals surface area contributed by atoms with Crippen molar-refractivity contribution < 1.29 is 19.5 Å². The third kappa shape index (κ3) is 11.1. The van der Waals surface area contributed by atoms with E-state index in [-0.39, 0.29) is 24.8 Å². The third-order valence-corrected chi connectivity index (χ3v) is 2.27. The lowest BCUT2D eigenvalue weighted by molar-refractivity contribution is -0.137. The number of aliphatic carboxylic acids is 1. The van der Waals surface area contributed by atoms with E-state index in [0.29, 0.717) is 6.42 Å².